The van der Waals surface area contributed by atoms with Gasteiger partial charge in [0.1, 0.15) is 0 Å². The number of carbonyl (C=O) groups is 2. The van der Waals surface area contributed by atoms with Gasteiger partial charge in [0.05, 0.1) is 12.5 Å². The van der Waals surface area contributed by atoms with Crippen molar-refractivity contribution < 1.29 is 14.7 Å². The number of rotatable bonds is 4. The molecule has 0 saturated carbocycles. The van der Waals surface area contributed by atoms with Gasteiger partial charge in [0.15, 0.2) is 0 Å². The Morgan fingerprint density at radius 2 is 2.38 bits per heavy atom. The highest BCUT2D eigenvalue weighted by Gasteiger charge is 2.28. The highest BCUT2D eigenvalue weighted by molar-refractivity contribution is 7.99. The summed E-state index contributed by atoms with van der Waals surface area (Å²) in [6.07, 6.45) is 3.44. The molecule has 1 aliphatic heterocycles. The van der Waals surface area contributed by atoms with Crippen LogP contribution < -0.4 is 5.32 Å². The third-order valence-electron chi connectivity index (χ3n) is 3.47. The van der Waals surface area contributed by atoms with E-state index in [0.29, 0.717) is 18.8 Å². The molecule has 2 amide bonds. The number of carbonyl (C=O) groups excluding carboxylic acids is 1. The molecule has 2 N–H and O–H groups in total. The number of hydrogen-bond donors (Lipinski definition) is 2. The molecule has 1 aliphatic rings. The number of pyridine rings is 1. The maximum absolute atomic E-state index is 12.3. The number of thioether (sulfide) groups is 1. The number of aliphatic carboxylic acids is 1. The minimum atomic E-state index is -0.870. The average molecular weight is 309 g/mol. The van der Waals surface area contributed by atoms with E-state index in [1.807, 2.05) is 13.0 Å². The Bertz CT molecular complexity index is 524. The summed E-state index contributed by atoms with van der Waals surface area (Å²) in [4.78, 5) is 28.8. The second-order valence-electron chi connectivity index (χ2n) is 4.98. The average Bonchev–Trinajstić information content (AvgIpc) is 2.46. The Morgan fingerprint density at radius 3 is 3.10 bits per heavy atom. The molecule has 6 nitrogen and oxygen atoms in total. The third kappa shape index (κ3) is 4.35. The second kappa shape index (κ2) is 7.31. The minimum absolute atomic E-state index is 0.00525. The van der Waals surface area contributed by atoms with E-state index in [0.717, 1.165) is 16.9 Å². The predicted octanol–water partition coefficient (Wildman–Crippen LogP) is 1.49. The van der Waals surface area contributed by atoms with Gasteiger partial charge in [-0.2, -0.15) is 11.8 Å². The zero-order valence-corrected chi connectivity index (χ0v) is 12.7. The summed E-state index contributed by atoms with van der Waals surface area (Å²) in [6, 6.07) is 1.44. The number of aromatic nitrogens is 1. The fraction of sp³-hybridized carbons (Fsp3) is 0.500. The van der Waals surface area contributed by atoms with Crippen LogP contribution in [0.15, 0.2) is 18.5 Å². The molecule has 21 heavy (non-hydrogen) atoms. The van der Waals surface area contributed by atoms with Crippen LogP contribution >= 0.6 is 11.8 Å². The molecule has 7 heteroatoms. The first-order valence-electron chi connectivity index (χ1n) is 6.81. The molecule has 1 aromatic heterocycles. The van der Waals surface area contributed by atoms with E-state index in [2.05, 4.69) is 10.3 Å². The number of amides is 2. The van der Waals surface area contributed by atoms with Gasteiger partial charge in [0, 0.05) is 37.0 Å². The first-order chi connectivity index (χ1) is 10.1. The van der Waals surface area contributed by atoms with Crippen molar-refractivity contribution in [1.82, 2.24) is 15.2 Å². The van der Waals surface area contributed by atoms with Crippen molar-refractivity contribution >= 4 is 23.8 Å². The van der Waals surface area contributed by atoms with Gasteiger partial charge in [-0.25, -0.2) is 4.79 Å². The molecule has 0 bridgehead atoms. The van der Waals surface area contributed by atoms with E-state index >= 15 is 0 Å². The lowest BCUT2D eigenvalue weighted by molar-refractivity contribution is -0.138. The maximum Gasteiger partial charge on any atom is 0.317 e. The Kier molecular flexibility index (Phi) is 5.44. The van der Waals surface area contributed by atoms with Gasteiger partial charge in [-0.3, -0.25) is 9.78 Å². The number of carboxylic acid groups (broad SMARTS) is 1. The van der Waals surface area contributed by atoms with Gasteiger partial charge < -0.3 is 15.3 Å². The molecule has 0 radical (unpaired) electrons. The number of nitrogens with one attached hydrogen (secondary N) is 1. The summed E-state index contributed by atoms with van der Waals surface area (Å²) in [6.45, 7) is 2.96. The summed E-state index contributed by atoms with van der Waals surface area (Å²) in [5, 5.41) is 11.8. The van der Waals surface area contributed by atoms with Gasteiger partial charge in [0.2, 0.25) is 0 Å². The second-order valence-corrected chi connectivity index (χ2v) is 6.13. The van der Waals surface area contributed by atoms with Crippen molar-refractivity contribution in [3.63, 3.8) is 0 Å². The number of urea groups is 1. The molecular weight excluding hydrogens is 290 g/mol. The van der Waals surface area contributed by atoms with Crippen LogP contribution in [0, 0.1) is 6.92 Å². The molecule has 1 unspecified atom stereocenters. The number of nitrogens with zero attached hydrogens (tertiary/aromatic N) is 2. The summed E-state index contributed by atoms with van der Waals surface area (Å²) in [5.41, 5.74) is 2.04. The van der Waals surface area contributed by atoms with Crippen LogP contribution in [0.5, 0.6) is 0 Å². The van der Waals surface area contributed by atoms with E-state index in [-0.39, 0.29) is 18.5 Å². The summed E-state index contributed by atoms with van der Waals surface area (Å²) in [7, 11) is 0. The zero-order valence-electron chi connectivity index (χ0n) is 11.9. The lowest BCUT2D eigenvalue weighted by Crippen LogP contribution is -2.51. The van der Waals surface area contributed by atoms with Crippen molar-refractivity contribution in [3.05, 3.63) is 29.6 Å². The normalized spacial score (nSPS) is 18.3. The van der Waals surface area contributed by atoms with Gasteiger partial charge in [-0.1, -0.05) is 0 Å². The highest BCUT2D eigenvalue weighted by atomic mass is 32.2. The fourth-order valence-electron chi connectivity index (χ4n) is 2.27. The molecule has 2 rings (SSSR count). The van der Waals surface area contributed by atoms with E-state index in [9.17, 15) is 9.59 Å². The van der Waals surface area contributed by atoms with Crippen molar-refractivity contribution in [3.8, 4) is 0 Å². The van der Waals surface area contributed by atoms with E-state index in [1.54, 1.807) is 29.1 Å². The molecule has 0 spiro atoms. The van der Waals surface area contributed by atoms with Crippen molar-refractivity contribution in [2.45, 2.75) is 25.9 Å². The van der Waals surface area contributed by atoms with Crippen molar-refractivity contribution in [2.75, 3.05) is 18.1 Å². The molecule has 1 aromatic rings. The van der Waals surface area contributed by atoms with Crippen LogP contribution in [0.2, 0.25) is 0 Å². The van der Waals surface area contributed by atoms with Gasteiger partial charge in [0.25, 0.3) is 0 Å². The van der Waals surface area contributed by atoms with E-state index in [4.69, 9.17) is 5.11 Å². The largest absolute Gasteiger partial charge is 0.481 e. The van der Waals surface area contributed by atoms with E-state index < -0.39 is 5.97 Å². The Morgan fingerprint density at radius 1 is 1.57 bits per heavy atom. The molecule has 114 valence electrons. The topological polar surface area (TPSA) is 82.5 Å². The first-order valence-corrected chi connectivity index (χ1v) is 7.97. The fourth-order valence-corrected chi connectivity index (χ4v) is 3.33. The zero-order chi connectivity index (χ0) is 15.2. The van der Waals surface area contributed by atoms with E-state index in [1.165, 1.54) is 0 Å². The molecule has 2 heterocycles. The molecule has 1 fully saturated rings. The standard InChI is InChI=1S/C14H19N3O3S/c1-10-7-15-3-2-11(10)8-16-14(20)17-4-5-21-9-12(17)6-13(18)19/h2-3,7,12H,4-6,8-9H2,1H3,(H,16,20)(H,18,19). The first kappa shape index (κ1) is 15.6. The minimum Gasteiger partial charge on any atom is -0.481 e. The SMILES string of the molecule is Cc1cnccc1CNC(=O)N1CCSCC1CC(=O)O. The Labute approximate surface area is 127 Å². The predicted molar refractivity (Wildman–Crippen MR) is 81.3 cm³/mol. The third-order valence-corrected chi connectivity index (χ3v) is 4.56. The molecular formula is C14H19N3O3S. The van der Waals surface area contributed by atoms with Gasteiger partial charge in [-0.15, -0.1) is 0 Å². The van der Waals surface area contributed by atoms with Gasteiger partial charge >= 0.3 is 12.0 Å². The van der Waals surface area contributed by atoms with Crippen LogP contribution in [-0.2, 0) is 11.3 Å². The monoisotopic (exact) mass is 309 g/mol. The summed E-state index contributed by atoms with van der Waals surface area (Å²) in [5.74, 6) is 0.650. The molecule has 1 atom stereocenters. The Hall–Kier alpha value is -1.76. The van der Waals surface area contributed by atoms with Crippen LogP contribution in [0.1, 0.15) is 17.5 Å². The number of carboxylic acids is 1. The van der Waals surface area contributed by atoms with Crippen molar-refractivity contribution in [1.29, 1.82) is 0 Å². The lowest BCUT2D eigenvalue weighted by atomic mass is 10.1. The summed E-state index contributed by atoms with van der Waals surface area (Å²) < 4.78 is 0. The molecule has 0 aliphatic carbocycles. The quantitative estimate of drug-likeness (QED) is 0.880. The summed E-state index contributed by atoms with van der Waals surface area (Å²) >= 11 is 1.69. The highest BCUT2D eigenvalue weighted by Crippen LogP contribution is 2.19. The smallest absolute Gasteiger partial charge is 0.317 e. The van der Waals surface area contributed by atoms with Crippen LogP contribution in [0.3, 0.4) is 0 Å². The maximum atomic E-state index is 12.3. The molecule has 0 aromatic carbocycles. The molecule has 1 saturated heterocycles. The lowest BCUT2D eigenvalue weighted by Gasteiger charge is -2.34. The van der Waals surface area contributed by atoms with Crippen LogP contribution in [0.25, 0.3) is 0 Å². The Balaban J connectivity index is 1.94. The van der Waals surface area contributed by atoms with Crippen LogP contribution in [0.4, 0.5) is 4.79 Å². The van der Waals surface area contributed by atoms with Gasteiger partial charge in [-0.05, 0) is 24.1 Å². The number of hydrogen-bond acceptors (Lipinski definition) is 4. The van der Waals surface area contributed by atoms with Crippen LogP contribution in [-0.4, -0.2) is 51.1 Å². The number of aryl methyl sites for hydroxylation is 1. The van der Waals surface area contributed by atoms with Crippen molar-refractivity contribution in [2.24, 2.45) is 0 Å².